The zero-order valence-corrected chi connectivity index (χ0v) is 11.6. The molecule has 0 aliphatic carbocycles. The summed E-state index contributed by atoms with van der Waals surface area (Å²) in [6.45, 7) is 4.12. The lowest BCUT2D eigenvalue weighted by atomic mass is 10.1. The molecule has 0 saturated carbocycles. The third-order valence-corrected chi connectivity index (χ3v) is 2.77. The lowest BCUT2D eigenvalue weighted by Crippen LogP contribution is -2.24. The van der Waals surface area contributed by atoms with Crippen molar-refractivity contribution in [2.75, 3.05) is 13.6 Å². The maximum Gasteiger partial charge on any atom is 0.332 e. The van der Waals surface area contributed by atoms with Crippen LogP contribution in [0.2, 0.25) is 0 Å². The number of carbonyl (C=O) groups excluding carboxylic acids is 1. The number of nitrogens with two attached hydrogens (primary N) is 1. The van der Waals surface area contributed by atoms with Crippen LogP contribution >= 0.6 is 0 Å². The van der Waals surface area contributed by atoms with Crippen LogP contribution in [0.1, 0.15) is 30.9 Å². The first-order valence-electron chi connectivity index (χ1n) is 6.48. The molecule has 0 aliphatic rings. The number of hydrogen-bond acceptors (Lipinski definition) is 3. The summed E-state index contributed by atoms with van der Waals surface area (Å²) >= 11 is 0. The van der Waals surface area contributed by atoms with Gasteiger partial charge in [-0.2, -0.15) is 5.10 Å². The monoisotopic (exact) mass is 262 g/mol. The van der Waals surface area contributed by atoms with Crippen molar-refractivity contribution < 1.29 is 4.79 Å². The van der Waals surface area contributed by atoms with E-state index in [2.05, 4.69) is 35.5 Å². The Labute approximate surface area is 114 Å². The number of rotatable bonds is 7. The Bertz CT molecular complexity index is 431. The highest BCUT2D eigenvalue weighted by Crippen LogP contribution is 2.09. The van der Waals surface area contributed by atoms with Crippen LogP contribution in [0.5, 0.6) is 0 Å². The Morgan fingerprint density at radius 2 is 2.21 bits per heavy atom. The number of unbranched alkanes of at least 4 members (excludes halogenated alkanes) is 1. The molecule has 0 aliphatic heterocycles. The summed E-state index contributed by atoms with van der Waals surface area (Å²) in [7, 11) is 2.10. The largest absolute Gasteiger partial charge is 0.350 e. The van der Waals surface area contributed by atoms with E-state index in [0.29, 0.717) is 0 Å². The lowest BCUT2D eigenvalue weighted by Gasteiger charge is -2.17. The van der Waals surface area contributed by atoms with E-state index in [4.69, 9.17) is 5.73 Å². The fourth-order valence-corrected chi connectivity index (χ4v) is 1.77. The van der Waals surface area contributed by atoms with Crippen molar-refractivity contribution in [1.82, 2.24) is 10.3 Å². The van der Waals surface area contributed by atoms with Gasteiger partial charge < -0.3 is 10.6 Å². The molecule has 0 heterocycles. The summed E-state index contributed by atoms with van der Waals surface area (Å²) in [6.07, 6.45) is 4.00. The van der Waals surface area contributed by atoms with Crippen molar-refractivity contribution in [1.29, 1.82) is 0 Å². The average molecular weight is 262 g/mol. The van der Waals surface area contributed by atoms with Crippen LogP contribution in [-0.4, -0.2) is 30.7 Å². The molecule has 0 saturated heterocycles. The first kappa shape index (κ1) is 15.2. The van der Waals surface area contributed by atoms with Gasteiger partial charge in [0.1, 0.15) is 0 Å². The molecule has 1 rings (SSSR count). The van der Waals surface area contributed by atoms with Crippen LogP contribution in [0.15, 0.2) is 29.4 Å². The number of hydrazone groups is 1. The molecule has 0 aromatic heterocycles. The molecule has 19 heavy (non-hydrogen) atoms. The molecule has 0 fully saturated rings. The minimum Gasteiger partial charge on any atom is -0.350 e. The van der Waals surface area contributed by atoms with E-state index in [-0.39, 0.29) is 0 Å². The first-order valence-corrected chi connectivity index (χ1v) is 6.48. The summed E-state index contributed by atoms with van der Waals surface area (Å²) in [6, 6.07) is 7.32. The number of urea groups is 1. The van der Waals surface area contributed by atoms with E-state index < -0.39 is 6.03 Å². The van der Waals surface area contributed by atoms with E-state index in [1.807, 2.05) is 18.2 Å². The van der Waals surface area contributed by atoms with E-state index in [1.54, 1.807) is 6.21 Å². The molecule has 2 amide bonds. The third kappa shape index (κ3) is 6.01. The van der Waals surface area contributed by atoms with Gasteiger partial charge in [0.25, 0.3) is 0 Å². The second kappa shape index (κ2) is 8.26. The van der Waals surface area contributed by atoms with Crippen molar-refractivity contribution in [2.45, 2.75) is 26.3 Å². The smallest absolute Gasteiger partial charge is 0.332 e. The highest BCUT2D eigenvalue weighted by molar-refractivity contribution is 5.83. The highest BCUT2D eigenvalue weighted by atomic mass is 16.2. The van der Waals surface area contributed by atoms with Gasteiger partial charge >= 0.3 is 6.03 Å². The molecule has 5 heteroatoms. The van der Waals surface area contributed by atoms with Crippen molar-refractivity contribution in [2.24, 2.45) is 10.8 Å². The van der Waals surface area contributed by atoms with Gasteiger partial charge in [0.15, 0.2) is 0 Å². The van der Waals surface area contributed by atoms with Crippen molar-refractivity contribution in [3.8, 4) is 0 Å². The third-order valence-electron chi connectivity index (χ3n) is 2.77. The molecule has 1 aromatic carbocycles. The van der Waals surface area contributed by atoms with Crippen LogP contribution in [-0.2, 0) is 6.54 Å². The minimum atomic E-state index is -0.659. The molecule has 0 unspecified atom stereocenters. The quantitative estimate of drug-likeness (QED) is 0.582. The zero-order chi connectivity index (χ0) is 14.1. The topological polar surface area (TPSA) is 70.7 Å². The normalized spacial score (nSPS) is 11.1. The summed E-state index contributed by atoms with van der Waals surface area (Å²) < 4.78 is 0. The summed E-state index contributed by atoms with van der Waals surface area (Å²) in [4.78, 5) is 12.8. The van der Waals surface area contributed by atoms with E-state index in [9.17, 15) is 4.79 Å². The van der Waals surface area contributed by atoms with Crippen molar-refractivity contribution in [3.63, 3.8) is 0 Å². The van der Waals surface area contributed by atoms with Gasteiger partial charge in [0.05, 0.1) is 6.21 Å². The first-order chi connectivity index (χ1) is 9.13. The molecule has 0 radical (unpaired) electrons. The molecule has 5 nitrogen and oxygen atoms in total. The fraction of sp³-hybridized carbons (Fsp3) is 0.429. The number of primary amides is 1. The van der Waals surface area contributed by atoms with E-state index in [1.165, 1.54) is 18.4 Å². The van der Waals surface area contributed by atoms with Crippen LogP contribution in [0, 0.1) is 0 Å². The number of nitrogens with one attached hydrogen (secondary N) is 1. The molecule has 0 atom stereocenters. The Morgan fingerprint density at radius 1 is 1.47 bits per heavy atom. The highest BCUT2D eigenvalue weighted by Gasteiger charge is 2.03. The predicted molar refractivity (Wildman–Crippen MR) is 78.0 cm³/mol. The molecule has 0 spiro atoms. The van der Waals surface area contributed by atoms with Gasteiger partial charge in [0, 0.05) is 6.54 Å². The summed E-state index contributed by atoms with van der Waals surface area (Å²) in [5.74, 6) is 0. The molecule has 0 bridgehead atoms. The molecular formula is C14H22N4O. The van der Waals surface area contributed by atoms with Crippen molar-refractivity contribution >= 4 is 12.2 Å². The van der Waals surface area contributed by atoms with E-state index in [0.717, 1.165) is 18.7 Å². The molecular weight excluding hydrogens is 240 g/mol. The van der Waals surface area contributed by atoms with Gasteiger partial charge in [-0.05, 0) is 31.1 Å². The van der Waals surface area contributed by atoms with Crippen molar-refractivity contribution in [3.05, 3.63) is 35.4 Å². The second-order valence-corrected chi connectivity index (χ2v) is 4.52. The maximum atomic E-state index is 10.6. The van der Waals surface area contributed by atoms with Crippen LogP contribution in [0.3, 0.4) is 0 Å². The van der Waals surface area contributed by atoms with E-state index >= 15 is 0 Å². The van der Waals surface area contributed by atoms with Crippen LogP contribution < -0.4 is 11.2 Å². The van der Waals surface area contributed by atoms with Gasteiger partial charge in [-0.15, -0.1) is 0 Å². The number of hydrogen-bond donors (Lipinski definition) is 2. The maximum absolute atomic E-state index is 10.6. The Morgan fingerprint density at radius 3 is 2.89 bits per heavy atom. The molecule has 1 aromatic rings. The summed E-state index contributed by atoms with van der Waals surface area (Å²) in [5, 5.41) is 3.80. The fourth-order valence-electron chi connectivity index (χ4n) is 1.77. The Balaban J connectivity index is 2.67. The SMILES string of the molecule is CCCCN(C)Cc1ccccc1C=NNC(N)=O. The zero-order valence-electron chi connectivity index (χ0n) is 11.6. The van der Waals surface area contributed by atoms with Crippen LogP contribution in [0.25, 0.3) is 0 Å². The lowest BCUT2D eigenvalue weighted by molar-refractivity contribution is 0.249. The number of carbonyl (C=O) groups is 1. The standard InChI is InChI=1S/C14H22N4O/c1-3-4-9-18(2)11-13-8-6-5-7-12(13)10-16-17-14(15)19/h5-8,10H,3-4,9,11H2,1-2H3,(H3,15,17,19). The van der Waals surface area contributed by atoms with Gasteiger partial charge in [-0.1, -0.05) is 37.6 Å². The second-order valence-electron chi connectivity index (χ2n) is 4.52. The number of amides is 2. The Hall–Kier alpha value is -1.88. The number of nitrogens with zero attached hydrogens (tertiary/aromatic N) is 2. The number of benzene rings is 1. The predicted octanol–water partition coefficient (Wildman–Crippen LogP) is 1.92. The minimum absolute atomic E-state index is 0.659. The van der Waals surface area contributed by atoms with Gasteiger partial charge in [-0.25, -0.2) is 10.2 Å². The Kier molecular flexibility index (Phi) is 6.60. The summed E-state index contributed by atoms with van der Waals surface area (Å²) in [5.41, 5.74) is 9.32. The van der Waals surface area contributed by atoms with Gasteiger partial charge in [0.2, 0.25) is 0 Å². The van der Waals surface area contributed by atoms with Gasteiger partial charge in [-0.3, -0.25) is 0 Å². The molecule has 104 valence electrons. The average Bonchev–Trinajstić information content (AvgIpc) is 2.38. The molecule has 3 N–H and O–H groups in total. The van der Waals surface area contributed by atoms with Crippen LogP contribution in [0.4, 0.5) is 4.79 Å².